The van der Waals surface area contributed by atoms with Crippen molar-refractivity contribution in [3.63, 3.8) is 0 Å². The average Bonchev–Trinajstić information content (AvgIpc) is 2.21. The van der Waals surface area contributed by atoms with E-state index in [1.807, 2.05) is 0 Å². The van der Waals surface area contributed by atoms with Gasteiger partial charge in [0.05, 0.1) is 0 Å². The summed E-state index contributed by atoms with van der Waals surface area (Å²) in [6, 6.07) is 2.50. The molecule has 0 fully saturated rings. The highest BCUT2D eigenvalue weighted by atomic mass is 79.9. The van der Waals surface area contributed by atoms with E-state index in [0.717, 1.165) is 17.0 Å². The summed E-state index contributed by atoms with van der Waals surface area (Å²) in [6.07, 6.45) is 0.411. The molecule has 16 heavy (non-hydrogen) atoms. The van der Waals surface area contributed by atoms with E-state index in [2.05, 4.69) is 15.9 Å². The third-order valence-electron chi connectivity index (χ3n) is 2.06. The summed E-state index contributed by atoms with van der Waals surface area (Å²) < 4.78 is 13.1. The van der Waals surface area contributed by atoms with Crippen molar-refractivity contribution in [1.29, 1.82) is 0 Å². The van der Waals surface area contributed by atoms with Crippen LogP contribution < -0.4 is 0 Å². The molecule has 1 N–H and O–H groups in total. The van der Waals surface area contributed by atoms with Crippen molar-refractivity contribution in [1.82, 2.24) is 4.90 Å². The van der Waals surface area contributed by atoms with Crippen LogP contribution in [0.5, 0.6) is 0 Å². The van der Waals surface area contributed by atoms with Crippen LogP contribution in [0.25, 0.3) is 0 Å². The Morgan fingerprint density at radius 1 is 1.62 bits per heavy atom. The Balaban J connectivity index is 3.21. The Labute approximate surface area is 99.8 Å². The highest BCUT2D eigenvalue weighted by Crippen LogP contribution is 2.27. The first-order valence-corrected chi connectivity index (χ1v) is 5.11. The first kappa shape index (κ1) is 12.6. The van der Waals surface area contributed by atoms with Gasteiger partial charge in [-0.2, -0.15) is 0 Å². The Hall–Kier alpha value is -1.43. The van der Waals surface area contributed by atoms with Crippen LogP contribution >= 0.6 is 15.9 Å². The minimum atomic E-state index is -1.18. The minimum Gasteiger partial charge on any atom is -0.479 e. The van der Waals surface area contributed by atoms with Gasteiger partial charge in [0.25, 0.3) is 0 Å². The number of amides is 1. The van der Waals surface area contributed by atoms with Gasteiger partial charge in [0.1, 0.15) is 5.82 Å². The number of hydrogen-bond donors (Lipinski definition) is 1. The molecule has 0 aliphatic rings. The van der Waals surface area contributed by atoms with Gasteiger partial charge in [0, 0.05) is 17.1 Å². The fourth-order valence-corrected chi connectivity index (χ4v) is 1.88. The zero-order chi connectivity index (χ0) is 12.3. The maximum atomic E-state index is 12.8. The summed E-state index contributed by atoms with van der Waals surface area (Å²) >= 11 is 3.07. The van der Waals surface area contributed by atoms with Gasteiger partial charge >= 0.3 is 5.97 Å². The molecule has 86 valence electrons. The number of rotatable bonds is 4. The van der Waals surface area contributed by atoms with Crippen molar-refractivity contribution >= 4 is 28.3 Å². The third-order valence-corrected chi connectivity index (χ3v) is 2.75. The Morgan fingerprint density at radius 3 is 2.69 bits per heavy atom. The second kappa shape index (κ2) is 5.07. The van der Waals surface area contributed by atoms with E-state index in [1.54, 1.807) is 0 Å². The molecule has 0 saturated heterocycles. The molecule has 1 atom stereocenters. The number of benzene rings is 1. The van der Waals surface area contributed by atoms with Crippen molar-refractivity contribution < 1.29 is 19.1 Å². The first-order chi connectivity index (χ1) is 7.47. The maximum absolute atomic E-state index is 12.8. The van der Waals surface area contributed by atoms with E-state index < -0.39 is 17.8 Å². The molecule has 1 amide bonds. The lowest BCUT2D eigenvalue weighted by Crippen LogP contribution is -2.30. The zero-order valence-electron chi connectivity index (χ0n) is 8.35. The SMILES string of the molecule is CN(C=O)C(C(=O)O)c1ccc(F)cc1Br. The highest BCUT2D eigenvalue weighted by molar-refractivity contribution is 9.10. The molecular weight excluding hydrogens is 281 g/mol. The number of carbonyl (C=O) groups is 2. The molecule has 1 aromatic rings. The summed E-state index contributed by atoms with van der Waals surface area (Å²) in [5.74, 6) is -1.66. The molecule has 1 rings (SSSR count). The molecule has 0 radical (unpaired) electrons. The van der Waals surface area contributed by atoms with Gasteiger partial charge < -0.3 is 10.0 Å². The number of hydrogen-bond acceptors (Lipinski definition) is 2. The Bertz CT molecular complexity index is 425. The van der Waals surface area contributed by atoms with Gasteiger partial charge in [-0.25, -0.2) is 9.18 Å². The molecule has 6 heteroatoms. The molecule has 1 aromatic carbocycles. The van der Waals surface area contributed by atoms with E-state index in [4.69, 9.17) is 5.11 Å². The van der Waals surface area contributed by atoms with Gasteiger partial charge in [-0.05, 0) is 12.1 Å². The monoisotopic (exact) mass is 289 g/mol. The second-order valence-electron chi connectivity index (χ2n) is 3.18. The van der Waals surface area contributed by atoms with E-state index >= 15 is 0 Å². The smallest absolute Gasteiger partial charge is 0.331 e. The molecule has 4 nitrogen and oxygen atoms in total. The lowest BCUT2D eigenvalue weighted by Gasteiger charge is -2.21. The van der Waals surface area contributed by atoms with Crippen molar-refractivity contribution in [2.75, 3.05) is 7.05 Å². The van der Waals surface area contributed by atoms with E-state index in [0.29, 0.717) is 16.4 Å². The van der Waals surface area contributed by atoms with Crippen LogP contribution in [-0.2, 0) is 9.59 Å². The normalized spacial score (nSPS) is 11.9. The van der Waals surface area contributed by atoms with Crippen molar-refractivity contribution in [3.8, 4) is 0 Å². The number of carboxylic acid groups (broad SMARTS) is 1. The van der Waals surface area contributed by atoms with Crippen molar-refractivity contribution in [3.05, 3.63) is 34.1 Å². The molecule has 0 aliphatic heterocycles. The fraction of sp³-hybridized carbons (Fsp3) is 0.200. The molecule has 0 bridgehead atoms. The van der Waals surface area contributed by atoms with Gasteiger partial charge in [-0.15, -0.1) is 0 Å². The van der Waals surface area contributed by atoms with Gasteiger partial charge in [-0.3, -0.25) is 4.79 Å². The van der Waals surface area contributed by atoms with Crippen LogP contribution in [0.3, 0.4) is 0 Å². The summed E-state index contributed by atoms with van der Waals surface area (Å²) in [6.45, 7) is 0. The molecular formula is C10H9BrFNO3. The average molecular weight is 290 g/mol. The lowest BCUT2D eigenvalue weighted by atomic mass is 10.1. The van der Waals surface area contributed by atoms with E-state index in [-0.39, 0.29) is 0 Å². The maximum Gasteiger partial charge on any atom is 0.331 e. The third kappa shape index (κ3) is 2.57. The van der Waals surface area contributed by atoms with E-state index in [1.165, 1.54) is 13.1 Å². The zero-order valence-corrected chi connectivity index (χ0v) is 9.94. The highest BCUT2D eigenvalue weighted by Gasteiger charge is 2.25. The molecule has 0 saturated carbocycles. The van der Waals surface area contributed by atoms with Gasteiger partial charge in [0.2, 0.25) is 6.41 Å². The predicted molar refractivity (Wildman–Crippen MR) is 58.3 cm³/mol. The van der Waals surface area contributed by atoms with E-state index in [9.17, 15) is 14.0 Å². The summed E-state index contributed by atoms with van der Waals surface area (Å²) in [4.78, 5) is 22.6. The number of halogens is 2. The number of nitrogens with zero attached hydrogens (tertiary/aromatic N) is 1. The molecule has 0 spiro atoms. The van der Waals surface area contributed by atoms with Gasteiger partial charge in [0.15, 0.2) is 6.04 Å². The summed E-state index contributed by atoms with van der Waals surface area (Å²) in [5.41, 5.74) is 0.323. The summed E-state index contributed by atoms with van der Waals surface area (Å²) in [5, 5.41) is 9.01. The second-order valence-corrected chi connectivity index (χ2v) is 4.03. The van der Waals surface area contributed by atoms with Crippen LogP contribution in [-0.4, -0.2) is 29.4 Å². The van der Waals surface area contributed by atoms with Crippen LogP contribution in [0.2, 0.25) is 0 Å². The Kier molecular flexibility index (Phi) is 4.00. The van der Waals surface area contributed by atoms with Crippen molar-refractivity contribution in [2.24, 2.45) is 0 Å². The van der Waals surface area contributed by atoms with Crippen LogP contribution in [0.1, 0.15) is 11.6 Å². The number of carboxylic acids is 1. The summed E-state index contributed by atoms with van der Waals surface area (Å²) in [7, 11) is 1.35. The topological polar surface area (TPSA) is 57.6 Å². The minimum absolute atomic E-state index is 0.314. The number of aliphatic carboxylic acids is 1. The van der Waals surface area contributed by atoms with Crippen molar-refractivity contribution in [2.45, 2.75) is 6.04 Å². The van der Waals surface area contributed by atoms with Crippen LogP contribution in [0.15, 0.2) is 22.7 Å². The fourth-order valence-electron chi connectivity index (χ4n) is 1.31. The molecule has 0 aromatic heterocycles. The quantitative estimate of drug-likeness (QED) is 0.860. The van der Waals surface area contributed by atoms with Crippen LogP contribution in [0, 0.1) is 5.82 Å². The molecule has 1 unspecified atom stereocenters. The number of likely N-dealkylation sites (N-methyl/N-ethyl adjacent to an activating group) is 1. The Morgan fingerprint density at radius 2 is 2.25 bits per heavy atom. The standard InChI is InChI=1S/C10H9BrFNO3/c1-13(5-14)9(10(15)16)7-3-2-6(12)4-8(7)11/h2-5,9H,1H3,(H,15,16). The van der Waals surface area contributed by atoms with Gasteiger partial charge in [-0.1, -0.05) is 22.0 Å². The lowest BCUT2D eigenvalue weighted by molar-refractivity contribution is -0.145. The number of carbonyl (C=O) groups excluding carboxylic acids is 1. The van der Waals surface area contributed by atoms with Crippen LogP contribution in [0.4, 0.5) is 4.39 Å². The largest absolute Gasteiger partial charge is 0.479 e. The first-order valence-electron chi connectivity index (χ1n) is 4.32. The molecule has 0 aliphatic carbocycles. The molecule has 0 heterocycles. The predicted octanol–water partition coefficient (Wildman–Crippen LogP) is 1.80.